The summed E-state index contributed by atoms with van der Waals surface area (Å²) in [7, 11) is 1.87. The van der Waals surface area contributed by atoms with Crippen molar-refractivity contribution in [1.82, 2.24) is 15.1 Å². The van der Waals surface area contributed by atoms with Crippen molar-refractivity contribution in [3.05, 3.63) is 52.4 Å². The number of anilines is 1. The van der Waals surface area contributed by atoms with Crippen LogP contribution in [0.4, 0.5) is 10.2 Å². The molecule has 1 saturated heterocycles. The molecule has 0 aliphatic carbocycles. The Morgan fingerprint density at radius 3 is 2.84 bits per heavy atom. The molecule has 1 atom stereocenters. The smallest absolute Gasteiger partial charge is 0.256 e. The molecule has 0 saturated carbocycles. The molecular formula is C17H16ClFN4O2. The molecule has 1 fully saturated rings. The number of nitrogens with zero attached hydrogens (tertiary/aromatic N) is 4. The Morgan fingerprint density at radius 2 is 2.16 bits per heavy atom. The van der Waals surface area contributed by atoms with Gasteiger partial charge in [-0.05, 0) is 36.8 Å². The largest absolute Gasteiger partial charge is 0.353 e. The number of likely N-dealkylation sites (N-methyl/N-ethyl adjacent to an activating group) is 1. The van der Waals surface area contributed by atoms with E-state index in [2.05, 4.69) is 10.2 Å². The van der Waals surface area contributed by atoms with Crippen LogP contribution in [0.3, 0.4) is 0 Å². The molecule has 130 valence electrons. The normalized spacial score (nSPS) is 16.8. The number of carbonyl (C=O) groups excluding carboxylic acids is 2. The van der Waals surface area contributed by atoms with Crippen molar-refractivity contribution in [2.24, 2.45) is 0 Å². The van der Waals surface area contributed by atoms with E-state index >= 15 is 0 Å². The molecule has 0 radical (unpaired) electrons. The lowest BCUT2D eigenvalue weighted by molar-refractivity contribution is 0.0786. The number of aromatic nitrogens is 2. The van der Waals surface area contributed by atoms with E-state index in [-0.39, 0.29) is 17.2 Å². The van der Waals surface area contributed by atoms with Crippen LogP contribution in [0.2, 0.25) is 5.15 Å². The van der Waals surface area contributed by atoms with E-state index in [1.54, 1.807) is 17.0 Å². The predicted octanol–water partition coefficient (Wildman–Crippen LogP) is 2.43. The van der Waals surface area contributed by atoms with Crippen molar-refractivity contribution in [3.63, 3.8) is 0 Å². The molecule has 0 unspecified atom stereocenters. The molecule has 1 aromatic carbocycles. The van der Waals surface area contributed by atoms with E-state index in [1.165, 1.54) is 12.1 Å². The van der Waals surface area contributed by atoms with Gasteiger partial charge in [-0.15, -0.1) is 10.2 Å². The van der Waals surface area contributed by atoms with Gasteiger partial charge in [0, 0.05) is 31.7 Å². The average molecular weight is 363 g/mol. The molecule has 2 aromatic rings. The maximum Gasteiger partial charge on any atom is 0.256 e. The molecule has 0 spiro atoms. The van der Waals surface area contributed by atoms with Crippen LogP contribution in [-0.4, -0.2) is 53.5 Å². The molecule has 1 aliphatic rings. The second-order valence-corrected chi connectivity index (χ2v) is 6.26. The summed E-state index contributed by atoms with van der Waals surface area (Å²) in [5.41, 5.74) is 0.188. The van der Waals surface area contributed by atoms with Crippen molar-refractivity contribution in [2.75, 3.05) is 25.0 Å². The molecule has 25 heavy (non-hydrogen) atoms. The maximum atomic E-state index is 14.0. The average Bonchev–Trinajstić information content (AvgIpc) is 3.12. The number of rotatable bonds is 4. The number of carbonyl (C=O) groups is 2. The number of amides is 1. The summed E-state index contributed by atoms with van der Waals surface area (Å²) in [6, 6.07) is 7.22. The Hall–Kier alpha value is -2.54. The van der Waals surface area contributed by atoms with E-state index in [0.717, 1.165) is 12.5 Å². The molecule has 6 nitrogen and oxygen atoms in total. The van der Waals surface area contributed by atoms with Crippen molar-refractivity contribution >= 4 is 29.6 Å². The fourth-order valence-corrected chi connectivity index (χ4v) is 2.98. The highest BCUT2D eigenvalue weighted by Crippen LogP contribution is 2.22. The first-order valence-electron chi connectivity index (χ1n) is 7.75. The molecule has 1 aromatic heterocycles. The summed E-state index contributed by atoms with van der Waals surface area (Å²) in [6.45, 7) is 0.935. The lowest BCUT2D eigenvalue weighted by Crippen LogP contribution is -2.37. The minimum absolute atomic E-state index is 0.0386. The Balaban J connectivity index is 1.73. The van der Waals surface area contributed by atoms with Gasteiger partial charge in [-0.1, -0.05) is 11.6 Å². The van der Waals surface area contributed by atoms with E-state index in [1.807, 2.05) is 11.9 Å². The maximum absolute atomic E-state index is 14.0. The van der Waals surface area contributed by atoms with Crippen LogP contribution in [0.25, 0.3) is 0 Å². The van der Waals surface area contributed by atoms with Gasteiger partial charge in [0.05, 0.1) is 5.56 Å². The minimum atomic E-state index is -0.629. The summed E-state index contributed by atoms with van der Waals surface area (Å²) < 4.78 is 14.0. The van der Waals surface area contributed by atoms with Gasteiger partial charge in [0.2, 0.25) is 0 Å². The Kier molecular flexibility index (Phi) is 4.94. The van der Waals surface area contributed by atoms with Gasteiger partial charge in [-0.25, -0.2) is 4.39 Å². The lowest BCUT2D eigenvalue weighted by atomic mass is 10.1. The van der Waals surface area contributed by atoms with Crippen molar-refractivity contribution in [1.29, 1.82) is 0 Å². The second-order valence-electron chi connectivity index (χ2n) is 5.88. The summed E-state index contributed by atoms with van der Waals surface area (Å²) >= 11 is 5.74. The lowest BCUT2D eigenvalue weighted by Gasteiger charge is -2.25. The number of hydrogen-bond acceptors (Lipinski definition) is 5. The first kappa shape index (κ1) is 17.3. The third-order valence-corrected chi connectivity index (χ3v) is 4.54. The zero-order valence-corrected chi connectivity index (χ0v) is 14.3. The highest BCUT2D eigenvalue weighted by atomic mass is 35.5. The van der Waals surface area contributed by atoms with Gasteiger partial charge in [0.25, 0.3) is 5.91 Å². The first-order chi connectivity index (χ1) is 12.0. The third-order valence-electron chi connectivity index (χ3n) is 4.33. The van der Waals surface area contributed by atoms with Crippen LogP contribution in [0, 0.1) is 5.82 Å². The van der Waals surface area contributed by atoms with E-state index in [4.69, 9.17) is 11.6 Å². The summed E-state index contributed by atoms with van der Waals surface area (Å²) in [6.07, 6.45) is 1.32. The summed E-state index contributed by atoms with van der Waals surface area (Å²) in [4.78, 5) is 27.0. The van der Waals surface area contributed by atoms with Crippen LogP contribution in [0.1, 0.15) is 27.1 Å². The topological polar surface area (TPSA) is 66.4 Å². The number of hydrogen-bond donors (Lipinski definition) is 0. The zero-order chi connectivity index (χ0) is 18.0. The highest BCUT2D eigenvalue weighted by molar-refractivity contribution is 6.29. The van der Waals surface area contributed by atoms with Gasteiger partial charge >= 0.3 is 0 Å². The third kappa shape index (κ3) is 3.61. The molecule has 0 bridgehead atoms. The monoisotopic (exact) mass is 362 g/mol. The van der Waals surface area contributed by atoms with E-state index < -0.39 is 11.7 Å². The van der Waals surface area contributed by atoms with Crippen LogP contribution < -0.4 is 4.90 Å². The van der Waals surface area contributed by atoms with E-state index in [9.17, 15) is 14.0 Å². The SMILES string of the molecule is CN(c1ccc(Cl)nn1)[C@H]1CCN(C(=O)c2cc(C=O)ccc2F)C1. The second kappa shape index (κ2) is 7.14. The minimum Gasteiger partial charge on any atom is -0.353 e. The van der Waals surface area contributed by atoms with Crippen LogP contribution in [-0.2, 0) is 0 Å². The number of halogens is 2. The van der Waals surface area contributed by atoms with Crippen molar-refractivity contribution < 1.29 is 14.0 Å². The summed E-state index contributed by atoms with van der Waals surface area (Å²) in [5, 5.41) is 8.15. The Bertz CT molecular complexity index is 800. The number of aldehydes is 1. The van der Waals surface area contributed by atoms with Gasteiger partial charge in [-0.3, -0.25) is 9.59 Å². The fourth-order valence-electron chi connectivity index (χ4n) is 2.88. The quantitative estimate of drug-likeness (QED) is 0.781. The van der Waals surface area contributed by atoms with Crippen LogP contribution >= 0.6 is 11.6 Å². The molecule has 0 N–H and O–H groups in total. The van der Waals surface area contributed by atoms with Crippen LogP contribution in [0.5, 0.6) is 0 Å². The predicted molar refractivity (Wildman–Crippen MR) is 91.5 cm³/mol. The number of likely N-dealkylation sites (tertiary alicyclic amines) is 1. The molecule has 8 heteroatoms. The van der Waals surface area contributed by atoms with Gasteiger partial charge in [0.1, 0.15) is 12.1 Å². The van der Waals surface area contributed by atoms with Gasteiger partial charge in [0.15, 0.2) is 11.0 Å². The fraction of sp³-hybridized carbons (Fsp3) is 0.294. The molecule has 1 aliphatic heterocycles. The standard InChI is InChI=1S/C17H16ClFN4O2/c1-22(16-5-4-15(18)20-21-16)12-6-7-23(9-12)17(25)13-8-11(10-24)2-3-14(13)19/h2-5,8,10,12H,6-7,9H2,1H3/t12-/m0/s1. The first-order valence-corrected chi connectivity index (χ1v) is 8.13. The van der Waals surface area contributed by atoms with Crippen LogP contribution in [0.15, 0.2) is 30.3 Å². The van der Waals surface area contributed by atoms with Crippen molar-refractivity contribution in [2.45, 2.75) is 12.5 Å². The molecular weight excluding hydrogens is 347 g/mol. The Labute approximate surface area is 149 Å². The highest BCUT2D eigenvalue weighted by Gasteiger charge is 2.31. The molecule has 3 rings (SSSR count). The molecule has 2 heterocycles. The van der Waals surface area contributed by atoms with E-state index in [0.29, 0.717) is 30.3 Å². The van der Waals surface area contributed by atoms with Gasteiger partial charge in [-0.2, -0.15) is 0 Å². The zero-order valence-electron chi connectivity index (χ0n) is 13.5. The summed E-state index contributed by atoms with van der Waals surface area (Å²) in [5.74, 6) is -0.395. The van der Waals surface area contributed by atoms with Crippen molar-refractivity contribution in [3.8, 4) is 0 Å². The molecule has 1 amide bonds. The number of benzene rings is 1. The Morgan fingerprint density at radius 1 is 1.36 bits per heavy atom. The van der Waals surface area contributed by atoms with Gasteiger partial charge < -0.3 is 9.80 Å².